The quantitative estimate of drug-likeness (QED) is 0.0851. The monoisotopic (exact) mass is 707 g/mol. The lowest BCUT2D eigenvalue weighted by molar-refractivity contribution is 0.668. The molecule has 4 heteroatoms. The maximum absolute atomic E-state index is 7.19. The summed E-state index contributed by atoms with van der Waals surface area (Å²) < 4.78 is 7.19. The number of allylic oxidation sites excluding steroid dienone is 1. The van der Waals surface area contributed by atoms with Crippen LogP contribution in [0.15, 0.2) is 216 Å². The Morgan fingerprint density at radius 3 is 1.91 bits per heavy atom. The fraction of sp³-hybridized carbons (Fsp3) is 0.0196. The number of rotatable bonds is 9. The van der Waals surface area contributed by atoms with E-state index >= 15 is 0 Å². The van der Waals surface area contributed by atoms with Gasteiger partial charge < -0.3 is 9.32 Å². The lowest BCUT2D eigenvalue weighted by Crippen LogP contribution is -2.10. The number of aliphatic imine (C=N–C) groups is 2. The molecule has 0 spiro atoms. The normalized spacial score (nSPS) is 12.1. The van der Waals surface area contributed by atoms with Crippen molar-refractivity contribution >= 4 is 77.8 Å². The molecular formula is C51H37N3O. The smallest absolute Gasteiger partial charge is 0.160 e. The summed E-state index contributed by atoms with van der Waals surface area (Å²) in [5.74, 6) is 0.567. The van der Waals surface area contributed by atoms with Gasteiger partial charge in [0.25, 0.3) is 0 Å². The highest BCUT2D eigenvalue weighted by molar-refractivity contribution is 6.24. The van der Waals surface area contributed by atoms with Crippen LogP contribution in [0, 0.1) is 0 Å². The van der Waals surface area contributed by atoms with Crippen molar-refractivity contribution in [1.82, 2.24) is 0 Å². The van der Waals surface area contributed by atoms with Gasteiger partial charge in [-0.3, -0.25) is 0 Å². The molecule has 0 aliphatic heterocycles. The first-order chi connectivity index (χ1) is 27.2. The molecule has 0 saturated heterocycles. The standard InChI is InChI=1S/C51H37N3O/c1-3-18-47(53-51(38-22-9-5-10-23-38)52-35(2)36-19-7-4-8-20-36)45-30-17-29-44-46-34-40-25-15-16-28-43(40)48(50(46)55-49(44)45)54(41-26-11-6-12-27-41)42-32-31-37-21-13-14-24-39(37)33-42/h3-17,19-34H,1-2,18H2. The molecule has 55 heavy (non-hydrogen) atoms. The molecule has 9 aromatic rings. The summed E-state index contributed by atoms with van der Waals surface area (Å²) in [7, 11) is 0. The summed E-state index contributed by atoms with van der Waals surface area (Å²) in [6, 6.07) is 62.8. The molecule has 0 aliphatic carbocycles. The lowest BCUT2D eigenvalue weighted by atomic mass is 9.99. The molecule has 0 radical (unpaired) electrons. The maximum atomic E-state index is 7.19. The van der Waals surface area contributed by atoms with Crippen molar-refractivity contribution < 1.29 is 4.42 Å². The van der Waals surface area contributed by atoms with E-state index in [1.54, 1.807) is 0 Å². The van der Waals surface area contributed by atoms with Gasteiger partial charge in [0.1, 0.15) is 5.58 Å². The Hall–Kier alpha value is -7.30. The van der Waals surface area contributed by atoms with E-state index in [4.69, 9.17) is 14.4 Å². The molecule has 0 unspecified atom stereocenters. The first-order valence-corrected chi connectivity index (χ1v) is 18.4. The van der Waals surface area contributed by atoms with Crippen LogP contribution in [0.4, 0.5) is 17.1 Å². The number of para-hydroxylation sites is 2. The van der Waals surface area contributed by atoms with E-state index in [2.05, 4.69) is 139 Å². The minimum absolute atomic E-state index is 0.502. The summed E-state index contributed by atoms with van der Waals surface area (Å²) in [4.78, 5) is 12.6. The first-order valence-electron chi connectivity index (χ1n) is 18.4. The van der Waals surface area contributed by atoms with Crippen LogP contribution in [0.25, 0.3) is 49.2 Å². The van der Waals surface area contributed by atoms with Gasteiger partial charge in [-0.05, 0) is 58.1 Å². The third kappa shape index (κ3) is 6.40. The summed E-state index contributed by atoms with van der Waals surface area (Å²) >= 11 is 0. The maximum Gasteiger partial charge on any atom is 0.160 e. The summed E-state index contributed by atoms with van der Waals surface area (Å²) in [5.41, 5.74) is 8.75. The van der Waals surface area contributed by atoms with Crippen molar-refractivity contribution in [3.8, 4) is 0 Å². The van der Waals surface area contributed by atoms with Gasteiger partial charge in [-0.2, -0.15) is 0 Å². The molecule has 4 nitrogen and oxygen atoms in total. The molecule has 9 rings (SSSR count). The molecule has 0 atom stereocenters. The van der Waals surface area contributed by atoms with Gasteiger partial charge in [0, 0.05) is 45.1 Å². The summed E-state index contributed by atoms with van der Waals surface area (Å²) in [6.07, 6.45) is 2.38. The number of nitrogens with zero attached hydrogens (tertiary/aromatic N) is 3. The van der Waals surface area contributed by atoms with E-state index in [0.29, 0.717) is 18.0 Å². The zero-order chi connectivity index (χ0) is 37.1. The number of fused-ring (bicyclic) bond motifs is 5. The lowest BCUT2D eigenvalue weighted by Gasteiger charge is -2.27. The van der Waals surface area contributed by atoms with Gasteiger partial charge in [0.2, 0.25) is 0 Å². The van der Waals surface area contributed by atoms with Crippen LogP contribution in [-0.2, 0) is 0 Å². The molecule has 1 heterocycles. The predicted molar refractivity (Wildman–Crippen MR) is 233 cm³/mol. The third-order valence-corrected chi connectivity index (χ3v) is 9.98. The predicted octanol–water partition coefficient (Wildman–Crippen LogP) is 13.8. The first kappa shape index (κ1) is 33.5. The highest BCUT2D eigenvalue weighted by Gasteiger charge is 2.24. The average molecular weight is 708 g/mol. The van der Waals surface area contributed by atoms with E-state index in [1.807, 2.05) is 66.7 Å². The fourth-order valence-electron chi connectivity index (χ4n) is 7.37. The van der Waals surface area contributed by atoms with E-state index in [0.717, 1.165) is 72.2 Å². The Kier molecular flexibility index (Phi) is 8.91. The third-order valence-electron chi connectivity index (χ3n) is 9.98. The summed E-state index contributed by atoms with van der Waals surface area (Å²) in [6.45, 7) is 8.44. The fourth-order valence-corrected chi connectivity index (χ4v) is 7.37. The van der Waals surface area contributed by atoms with Crippen molar-refractivity contribution in [2.45, 2.75) is 6.42 Å². The zero-order valence-electron chi connectivity index (χ0n) is 30.3. The van der Waals surface area contributed by atoms with Crippen molar-refractivity contribution in [3.05, 3.63) is 218 Å². The molecule has 0 saturated carbocycles. The Morgan fingerprint density at radius 1 is 0.527 bits per heavy atom. The molecule has 0 fully saturated rings. The van der Waals surface area contributed by atoms with Crippen LogP contribution in [-0.4, -0.2) is 11.5 Å². The minimum Gasteiger partial charge on any atom is -0.453 e. The number of furan rings is 1. The number of benzene rings is 8. The Bertz CT molecular complexity index is 2920. The van der Waals surface area contributed by atoms with Gasteiger partial charge in [0.05, 0.1) is 17.1 Å². The average Bonchev–Trinajstić information content (AvgIpc) is 3.62. The molecule has 0 aliphatic rings. The molecule has 0 N–H and O–H groups in total. The largest absolute Gasteiger partial charge is 0.453 e. The Balaban J connectivity index is 1.30. The van der Waals surface area contributed by atoms with Gasteiger partial charge in [-0.1, -0.05) is 158 Å². The summed E-state index contributed by atoms with van der Waals surface area (Å²) in [5, 5.41) is 6.61. The molecule has 262 valence electrons. The number of amidine groups is 1. The Morgan fingerprint density at radius 2 is 1.16 bits per heavy atom. The highest BCUT2D eigenvalue weighted by atomic mass is 16.3. The van der Waals surface area contributed by atoms with Crippen LogP contribution in [0.2, 0.25) is 0 Å². The van der Waals surface area contributed by atoms with Crippen molar-refractivity contribution in [2.24, 2.45) is 9.98 Å². The highest BCUT2D eigenvalue weighted by Crippen LogP contribution is 2.47. The van der Waals surface area contributed by atoms with Gasteiger partial charge in [-0.15, -0.1) is 6.58 Å². The van der Waals surface area contributed by atoms with Crippen molar-refractivity contribution in [1.29, 1.82) is 0 Å². The molecule has 1 aromatic heterocycles. The van der Waals surface area contributed by atoms with Gasteiger partial charge >= 0.3 is 0 Å². The van der Waals surface area contributed by atoms with E-state index in [9.17, 15) is 0 Å². The van der Waals surface area contributed by atoms with Crippen molar-refractivity contribution in [3.63, 3.8) is 0 Å². The van der Waals surface area contributed by atoms with Crippen LogP contribution in [0.3, 0.4) is 0 Å². The topological polar surface area (TPSA) is 41.1 Å². The minimum atomic E-state index is 0.502. The number of hydrogen-bond acceptors (Lipinski definition) is 3. The second-order valence-electron chi connectivity index (χ2n) is 13.5. The molecule has 0 amide bonds. The van der Waals surface area contributed by atoms with Crippen LogP contribution in [0.1, 0.15) is 23.1 Å². The van der Waals surface area contributed by atoms with Crippen LogP contribution >= 0.6 is 0 Å². The molecule has 0 bridgehead atoms. The van der Waals surface area contributed by atoms with Gasteiger partial charge in [0.15, 0.2) is 11.4 Å². The number of anilines is 3. The zero-order valence-corrected chi connectivity index (χ0v) is 30.3. The SMILES string of the molecule is C=CCC(=NC(=NC(=C)c1ccccc1)c1ccccc1)c1cccc2c1oc1c(N(c3ccccc3)c3ccc4ccccc4c3)c3ccccc3cc12. The van der Waals surface area contributed by atoms with Crippen LogP contribution < -0.4 is 4.90 Å². The van der Waals surface area contributed by atoms with Gasteiger partial charge in [-0.25, -0.2) is 9.98 Å². The van der Waals surface area contributed by atoms with E-state index < -0.39 is 0 Å². The Labute approximate surface area is 320 Å². The second-order valence-corrected chi connectivity index (χ2v) is 13.5. The van der Waals surface area contributed by atoms with Crippen LogP contribution in [0.5, 0.6) is 0 Å². The van der Waals surface area contributed by atoms with Crippen molar-refractivity contribution in [2.75, 3.05) is 4.90 Å². The second kappa shape index (κ2) is 14.6. The number of hydrogen-bond donors (Lipinski definition) is 0. The van der Waals surface area contributed by atoms with E-state index in [-0.39, 0.29) is 0 Å². The molecule has 8 aromatic carbocycles. The van der Waals surface area contributed by atoms with E-state index in [1.165, 1.54) is 10.8 Å². The molecular weight excluding hydrogens is 671 g/mol.